The molecular weight excluding hydrogens is 400 g/mol. The van der Waals surface area contributed by atoms with Crippen molar-refractivity contribution < 1.29 is 24.8 Å². The molecule has 2 aliphatic rings. The number of rotatable bonds is 2. The van der Waals surface area contributed by atoms with Gasteiger partial charge in [0.25, 0.3) is 0 Å². The Labute approximate surface area is 170 Å². The Bertz CT molecular complexity index is 1080. The molecule has 1 aromatic carbocycles. The number of aliphatic hydroxyl groups excluding tert-OH is 3. The van der Waals surface area contributed by atoms with E-state index < -0.39 is 36.9 Å². The molecule has 2 unspecified atom stereocenters. The SMILES string of the molecule is Nc1ncnc2c1ccn2[C@@H]1OC([C@@H]2OC(O)Cc3cc(Cl)ccc32)[C@@H](O)[C@H]1O. The van der Waals surface area contributed by atoms with E-state index >= 15 is 0 Å². The van der Waals surface area contributed by atoms with Crippen LogP contribution in [0, 0.1) is 0 Å². The van der Waals surface area contributed by atoms with Crippen molar-refractivity contribution in [1.29, 1.82) is 0 Å². The average molecular weight is 419 g/mol. The van der Waals surface area contributed by atoms with Gasteiger partial charge in [-0.3, -0.25) is 0 Å². The van der Waals surface area contributed by atoms with E-state index in [1.165, 1.54) is 6.33 Å². The number of hydrogen-bond donors (Lipinski definition) is 4. The molecule has 9 nitrogen and oxygen atoms in total. The lowest BCUT2D eigenvalue weighted by Gasteiger charge is -2.34. The molecule has 5 N–H and O–H groups in total. The minimum atomic E-state index is -1.25. The maximum atomic E-state index is 10.7. The minimum absolute atomic E-state index is 0.277. The Hall–Kier alpha value is -2.27. The summed E-state index contributed by atoms with van der Waals surface area (Å²) in [5.41, 5.74) is 7.91. The quantitative estimate of drug-likeness (QED) is 0.482. The van der Waals surface area contributed by atoms with Crippen molar-refractivity contribution in [2.24, 2.45) is 0 Å². The summed E-state index contributed by atoms with van der Waals surface area (Å²) in [6.07, 6.45) is -2.91. The lowest BCUT2D eigenvalue weighted by molar-refractivity contribution is -0.195. The van der Waals surface area contributed by atoms with Gasteiger partial charge in [-0.1, -0.05) is 17.7 Å². The van der Waals surface area contributed by atoms with Crippen LogP contribution in [-0.4, -0.2) is 54.5 Å². The molecule has 10 heteroatoms. The first kappa shape index (κ1) is 18.7. The monoisotopic (exact) mass is 418 g/mol. The van der Waals surface area contributed by atoms with Gasteiger partial charge in [0.2, 0.25) is 0 Å². The van der Waals surface area contributed by atoms with Gasteiger partial charge in [-0.05, 0) is 29.3 Å². The second-order valence-corrected chi connectivity index (χ2v) is 7.69. The van der Waals surface area contributed by atoms with E-state index in [1.807, 2.05) is 0 Å². The molecule has 2 aliphatic heterocycles. The highest BCUT2D eigenvalue weighted by Gasteiger charge is 2.50. The predicted molar refractivity (Wildman–Crippen MR) is 103 cm³/mol. The lowest BCUT2D eigenvalue weighted by atomic mass is 9.91. The van der Waals surface area contributed by atoms with Gasteiger partial charge in [0.05, 0.1) is 5.39 Å². The lowest BCUT2D eigenvalue weighted by Crippen LogP contribution is -2.39. The smallest absolute Gasteiger partial charge is 0.164 e. The van der Waals surface area contributed by atoms with Crippen LogP contribution in [0.5, 0.6) is 0 Å². The third-order valence-corrected chi connectivity index (χ3v) is 5.73. The van der Waals surface area contributed by atoms with Gasteiger partial charge < -0.3 is 35.1 Å². The van der Waals surface area contributed by atoms with Crippen molar-refractivity contribution in [1.82, 2.24) is 14.5 Å². The summed E-state index contributed by atoms with van der Waals surface area (Å²) < 4.78 is 13.3. The largest absolute Gasteiger partial charge is 0.387 e. The maximum absolute atomic E-state index is 10.7. The summed E-state index contributed by atoms with van der Waals surface area (Å²) in [6.45, 7) is 0. The molecule has 0 amide bonds. The van der Waals surface area contributed by atoms with Crippen LogP contribution in [0.3, 0.4) is 0 Å². The summed E-state index contributed by atoms with van der Waals surface area (Å²) in [6, 6.07) is 6.97. The fourth-order valence-corrected chi connectivity index (χ4v) is 4.32. The molecule has 6 atom stereocenters. The third kappa shape index (κ3) is 2.98. The molecule has 5 rings (SSSR count). The van der Waals surface area contributed by atoms with Crippen LogP contribution in [0.2, 0.25) is 5.02 Å². The first-order valence-electron chi connectivity index (χ1n) is 9.14. The number of hydrogen-bond acceptors (Lipinski definition) is 8. The van der Waals surface area contributed by atoms with E-state index in [1.54, 1.807) is 35.0 Å². The van der Waals surface area contributed by atoms with Gasteiger partial charge in [-0.2, -0.15) is 0 Å². The number of benzene rings is 1. The summed E-state index contributed by atoms with van der Waals surface area (Å²) >= 11 is 6.07. The first-order chi connectivity index (χ1) is 13.9. The number of anilines is 1. The van der Waals surface area contributed by atoms with E-state index in [0.29, 0.717) is 21.9 Å². The van der Waals surface area contributed by atoms with Crippen molar-refractivity contribution in [2.75, 3.05) is 5.73 Å². The number of halogens is 1. The number of nitrogen functional groups attached to an aromatic ring is 1. The average Bonchev–Trinajstić information content (AvgIpc) is 3.23. The number of aliphatic hydroxyl groups is 3. The molecule has 29 heavy (non-hydrogen) atoms. The zero-order valence-electron chi connectivity index (χ0n) is 15.1. The van der Waals surface area contributed by atoms with Gasteiger partial charge in [0, 0.05) is 17.6 Å². The Morgan fingerprint density at radius 3 is 2.76 bits per heavy atom. The molecule has 152 valence electrons. The third-order valence-electron chi connectivity index (χ3n) is 5.50. The molecule has 2 aromatic heterocycles. The Morgan fingerprint density at radius 2 is 1.93 bits per heavy atom. The van der Waals surface area contributed by atoms with Crippen LogP contribution in [0.15, 0.2) is 36.8 Å². The van der Waals surface area contributed by atoms with Crippen molar-refractivity contribution in [3.63, 3.8) is 0 Å². The molecule has 0 bridgehead atoms. The van der Waals surface area contributed by atoms with Crippen molar-refractivity contribution in [3.8, 4) is 0 Å². The van der Waals surface area contributed by atoms with E-state index in [-0.39, 0.29) is 6.42 Å². The van der Waals surface area contributed by atoms with Crippen LogP contribution in [-0.2, 0) is 15.9 Å². The second-order valence-electron chi connectivity index (χ2n) is 7.25. The number of fused-ring (bicyclic) bond motifs is 2. The molecule has 0 radical (unpaired) electrons. The van der Waals surface area contributed by atoms with E-state index in [2.05, 4.69) is 9.97 Å². The minimum Gasteiger partial charge on any atom is -0.387 e. The zero-order chi connectivity index (χ0) is 20.3. The number of aromatic nitrogens is 3. The van der Waals surface area contributed by atoms with Gasteiger partial charge in [0.15, 0.2) is 12.5 Å². The van der Waals surface area contributed by atoms with Crippen LogP contribution in [0.1, 0.15) is 23.5 Å². The number of ether oxygens (including phenoxy) is 2. The molecule has 1 saturated heterocycles. The Kier molecular flexibility index (Phi) is 4.46. The van der Waals surface area contributed by atoms with Crippen molar-refractivity contribution in [2.45, 2.75) is 43.4 Å². The molecule has 0 spiro atoms. The van der Waals surface area contributed by atoms with Crippen LogP contribution >= 0.6 is 11.6 Å². The maximum Gasteiger partial charge on any atom is 0.164 e. The van der Waals surface area contributed by atoms with Crippen LogP contribution in [0.4, 0.5) is 5.82 Å². The zero-order valence-corrected chi connectivity index (χ0v) is 15.8. The van der Waals surface area contributed by atoms with E-state index in [9.17, 15) is 15.3 Å². The molecule has 4 heterocycles. The Morgan fingerprint density at radius 1 is 1.10 bits per heavy atom. The molecule has 0 aliphatic carbocycles. The standard InChI is InChI=1S/C19H19ClN4O5/c20-9-1-2-10-8(5-9)6-12(25)28-15(10)16-13(26)14(27)19(29-16)24-4-3-11-17(21)22-7-23-18(11)24/h1-5,7,12-16,19,25-27H,6H2,(H2,21,22,23)/t12?,13-,14+,15+,16?,19+/m0/s1. The summed E-state index contributed by atoms with van der Waals surface area (Å²) in [7, 11) is 0. The highest BCUT2D eigenvalue weighted by molar-refractivity contribution is 6.30. The second kappa shape index (κ2) is 6.91. The summed E-state index contributed by atoms with van der Waals surface area (Å²) in [5, 5.41) is 32.8. The van der Waals surface area contributed by atoms with E-state index in [4.69, 9.17) is 26.8 Å². The van der Waals surface area contributed by atoms with Crippen LogP contribution in [0.25, 0.3) is 11.0 Å². The number of nitrogens with zero attached hydrogens (tertiary/aromatic N) is 3. The molecular formula is C19H19ClN4O5. The van der Waals surface area contributed by atoms with E-state index in [0.717, 1.165) is 11.1 Å². The number of nitrogens with two attached hydrogens (primary N) is 1. The summed E-state index contributed by atoms with van der Waals surface area (Å²) in [5.74, 6) is 0.308. The fraction of sp³-hybridized carbons (Fsp3) is 0.368. The fourth-order valence-electron chi connectivity index (χ4n) is 4.12. The highest BCUT2D eigenvalue weighted by atomic mass is 35.5. The molecule has 1 fully saturated rings. The molecule has 0 saturated carbocycles. The van der Waals surface area contributed by atoms with Gasteiger partial charge >= 0.3 is 0 Å². The van der Waals surface area contributed by atoms with Gasteiger partial charge in [0.1, 0.15) is 42.2 Å². The highest BCUT2D eigenvalue weighted by Crippen LogP contribution is 2.42. The molecule has 3 aromatic rings. The van der Waals surface area contributed by atoms with Crippen molar-refractivity contribution in [3.05, 3.63) is 52.9 Å². The topological polar surface area (TPSA) is 136 Å². The summed E-state index contributed by atoms with van der Waals surface area (Å²) in [4.78, 5) is 8.17. The van der Waals surface area contributed by atoms with Crippen LogP contribution < -0.4 is 5.73 Å². The normalized spacial score (nSPS) is 31.9. The Balaban J connectivity index is 1.51. The van der Waals surface area contributed by atoms with Gasteiger partial charge in [-0.15, -0.1) is 0 Å². The van der Waals surface area contributed by atoms with Gasteiger partial charge in [-0.25, -0.2) is 9.97 Å². The first-order valence-corrected chi connectivity index (χ1v) is 9.52. The predicted octanol–water partition coefficient (Wildman–Crippen LogP) is 0.918. The van der Waals surface area contributed by atoms with Crippen molar-refractivity contribution >= 4 is 28.5 Å².